The van der Waals surface area contributed by atoms with Crippen molar-refractivity contribution >= 4 is 35.7 Å². The Morgan fingerprint density at radius 2 is 1.91 bits per heavy atom. The molecule has 0 saturated heterocycles. The van der Waals surface area contributed by atoms with E-state index in [2.05, 4.69) is 36.9 Å². The van der Waals surface area contributed by atoms with Crippen molar-refractivity contribution in [3.8, 4) is 0 Å². The van der Waals surface area contributed by atoms with Gasteiger partial charge in [-0.05, 0) is 113 Å². The summed E-state index contributed by atoms with van der Waals surface area (Å²) in [5.74, 6) is 1.96. The smallest absolute Gasteiger partial charge is 0.223 e. The van der Waals surface area contributed by atoms with Gasteiger partial charge in [-0.2, -0.15) is 0 Å². The fraction of sp³-hybridized carbons (Fsp3) is 0.692. The lowest BCUT2D eigenvalue weighted by atomic mass is 9.57. The quantitative estimate of drug-likeness (QED) is 0.374. The van der Waals surface area contributed by atoms with Crippen molar-refractivity contribution in [2.24, 2.45) is 28.9 Å². The summed E-state index contributed by atoms with van der Waals surface area (Å²) in [6.45, 7) is 8.43. The van der Waals surface area contributed by atoms with Gasteiger partial charge in [-0.1, -0.05) is 31.5 Å². The summed E-state index contributed by atoms with van der Waals surface area (Å²) in [6, 6.07) is 4.59. The van der Waals surface area contributed by atoms with Crippen molar-refractivity contribution in [3.05, 3.63) is 28.3 Å². The Hall–Kier alpha value is -1.08. The van der Waals surface area contributed by atoms with Crippen LogP contribution in [0.4, 0.5) is 0 Å². The molecule has 5 unspecified atom stereocenters. The maximum Gasteiger partial charge on any atom is 0.223 e. The summed E-state index contributed by atoms with van der Waals surface area (Å²) >= 11 is 7.62. The van der Waals surface area contributed by atoms with Gasteiger partial charge >= 0.3 is 0 Å². The molecule has 0 aliphatic heterocycles. The number of aryl methyl sites for hydroxylation is 2. The Bertz CT molecular complexity index is 873. The van der Waals surface area contributed by atoms with E-state index >= 15 is 0 Å². The molecular formula is C26H40ClN3O2S. The van der Waals surface area contributed by atoms with E-state index < -0.39 is 0 Å². The first-order chi connectivity index (χ1) is 15.5. The average molecular weight is 494 g/mol. The molecule has 33 heavy (non-hydrogen) atoms. The van der Waals surface area contributed by atoms with Gasteiger partial charge in [-0.3, -0.25) is 4.79 Å². The molecule has 4 N–H and O–H groups in total. The summed E-state index contributed by atoms with van der Waals surface area (Å²) in [5, 5.41) is 4.21. The minimum absolute atomic E-state index is 0.105. The normalized spacial score (nSPS) is 32.2. The second-order valence-electron chi connectivity index (χ2n) is 10.9. The van der Waals surface area contributed by atoms with Gasteiger partial charge in [-0.25, -0.2) is 4.72 Å². The molecule has 1 aromatic carbocycles. The summed E-state index contributed by atoms with van der Waals surface area (Å²) < 4.78 is 3.28. The van der Waals surface area contributed by atoms with Gasteiger partial charge in [0.15, 0.2) is 0 Å². The van der Waals surface area contributed by atoms with Crippen LogP contribution in [0.2, 0.25) is 5.02 Å². The summed E-state index contributed by atoms with van der Waals surface area (Å²) in [6.07, 6.45) is 8.51. The third kappa shape index (κ3) is 5.95. The maximum absolute atomic E-state index is 11.6. The molecular weight excluding hydrogens is 454 g/mol. The van der Waals surface area contributed by atoms with Crippen LogP contribution in [0.5, 0.6) is 0 Å². The number of fused-ring (bicyclic) bond motifs is 2. The zero-order valence-corrected chi connectivity index (χ0v) is 22.2. The van der Waals surface area contributed by atoms with Crippen LogP contribution < -0.4 is 15.8 Å². The summed E-state index contributed by atoms with van der Waals surface area (Å²) in [4.78, 5) is 23.7. The third-order valence-corrected chi connectivity index (χ3v) is 9.71. The second kappa shape index (κ2) is 10.7. The third-order valence-electron chi connectivity index (χ3n) is 8.13. The van der Waals surface area contributed by atoms with Gasteiger partial charge in [0.2, 0.25) is 5.91 Å². The molecule has 4 rings (SSSR count). The first-order valence-corrected chi connectivity index (χ1v) is 13.4. The highest BCUT2D eigenvalue weighted by atomic mass is 35.5. The first-order valence-electron chi connectivity index (χ1n) is 12.2. The van der Waals surface area contributed by atoms with Gasteiger partial charge in [0.1, 0.15) is 6.29 Å². The van der Waals surface area contributed by atoms with E-state index in [1.807, 2.05) is 20.0 Å². The minimum atomic E-state index is -0.311. The van der Waals surface area contributed by atoms with Gasteiger partial charge in [0.05, 0.1) is 5.54 Å². The fourth-order valence-electron chi connectivity index (χ4n) is 6.08. The number of benzene rings is 1. The topological polar surface area (TPSA) is 84.2 Å². The zero-order chi connectivity index (χ0) is 24.4. The van der Waals surface area contributed by atoms with Gasteiger partial charge in [0, 0.05) is 21.4 Å². The van der Waals surface area contributed by atoms with Crippen LogP contribution in [-0.4, -0.2) is 30.8 Å². The molecule has 3 aliphatic rings. The molecule has 5 atom stereocenters. The first kappa shape index (κ1) is 26.5. The number of hydrogen-bond donors (Lipinski definition) is 3. The molecule has 0 heterocycles. The molecule has 3 fully saturated rings. The van der Waals surface area contributed by atoms with Crippen LogP contribution in [0.3, 0.4) is 0 Å². The van der Waals surface area contributed by atoms with Crippen molar-refractivity contribution in [1.82, 2.24) is 10.0 Å². The standard InChI is InChI=1S/C13H16ClNOS.C13H24N2O/c1-9-6-10(2)12(7-11(9)14)17-15-13(8-16)4-3-5-13;1-8-4-9-5-10(11(8)15-3)7-13(2,6-9)12(14)16/h6-8,15H,3-5H2,1-2H3;8-11,15H,4-7H2,1-3H3,(H2,14,16). The SMILES string of the molecule is CNC1C(C)CC2CC1CC(C)(C(N)=O)C2.Cc1cc(C)c(SNC2(C=O)CCC2)cc1Cl. The second-order valence-corrected chi connectivity index (χ2v) is 12.2. The molecule has 3 aliphatic carbocycles. The Morgan fingerprint density at radius 3 is 2.45 bits per heavy atom. The summed E-state index contributed by atoms with van der Waals surface area (Å²) in [5.41, 5.74) is 7.27. The number of nitrogens with two attached hydrogens (primary N) is 1. The van der Waals surface area contributed by atoms with Crippen LogP contribution in [0.25, 0.3) is 0 Å². The lowest BCUT2D eigenvalue weighted by Gasteiger charge is -2.49. The number of primary amides is 1. The molecule has 1 aromatic rings. The van der Waals surface area contributed by atoms with Crippen molar-refractivity contribution in [2.75, 3.05) is 7.05 Å². The average Bonchev–Trinajstić information content (AvgIpc) is 2.71. The van der Waals surface area contributed by atoms with E-state index in [0.29, 0.717) is 17.9 Å². The van der Waals surface area contributed by atoms with E-state index in [-0.39, 0.29) is 16.9 Å². The number of halogens is 1. The highest BCUT2D eigenvalue weighted by Gasteiger charge is 2.47. The largest absolute Gasteiger partial charge is 0.369 e. The van der Waals surface area contributed by atoms with E-state index in [4.69, 9.17) is 17.3 Å². The van der Waals surface area contributed by atoms with Gasteiger partial charge in [0.25, 0.3) is 0 Å². The number of carbonyl (C=O) groups is 2. The van der Waals surface area contributed by atoms with Crippen LogP contribution in [0.1, 0.15) is 69.9 Å². The molecule has 184 valence electrons. The molecule has 0 radical (unpaired) electrons. The minimum Gasteiger partial charge on any atom is -0.369 e. The molecule has 0 spiro atoms. The van der Waals surface area contributed by atoms with Crippen LogP contribution >= 0.6 is 23.5 Å². The van der Waals surface area contributed by atoms with Crippen molar-refractivity contribution in [1.29, 1.82) is 0 Å². The molecule has 2 bridgehead atoms. The Morgan fingerprint density at radius 1 is 1.21 bits per heavy atom. The monoisotopic (exact) mass is 493 g/mol. The predicted molar refractivity (Wildman–Crippen MR) is 137 cm³/mol. The molecule has 5 nitrogen and oxygen atoms in total. The van der Waals surface area contributed by atoms with E-state index in [1.165, 1.54) is 30.4 Å². The number of hydrogen-bond acceptors (Lipinski definition) is 5. The Balaban J connectivity index is 0.000000186. The van der Waals surface area contributed by atoms with Gasteiger partial charge in [-0.15, -0.1) is 0 Å². The maximum atomic E-state index is 11.6. The highest BCUT2D eigenvalue weighted by Crippen LogP contribution is 2.50. The highest BCUT2D eigenvalue weighted by molar-refractivity contribution is 7.97. The number of rotatable bonds is 6. The number of aldehydes is 1. The van der Waals surface area contributed by atoms with Crippen LogP contribution in [0.15, 0.2) is 17.0 Å². The molecule has 7 heteroatoms. The number of carbonyl (C=O) groups excluding carboxylic acids is 2. The van der Waals surface area contributed by atoms with E-state index in [1.54, 1.807) is 0 Å². The predicted octanol–water partition coefficient (Wildman–Crippen LogP) is 5.20. The van der Waals surface area contributed by atoms with Crippen molar-refractivity contribution in [3.63, 3.8) is 0 Å². The van der Waals surface area contributed by atoms with Crippen molar-refractivity contribution in [2.45, 2.75) is 89.1 Å². The Kier molecular flexibility index (Phi) is 8.58. The zero-order valence-electron chi connectivity index (χ0n) is 20.7. The Labute approximate surface area is 208 Å². The summed E-state index contributed by atoms with van der Waals surface area (Å²) in [7, 11) is 2.04. The number of nitrogens with one attached hydrogen (secondary N) is 2. The lowest BCUT2D eigenvalue weighted by molar-refractivity contribution is -0.132. The molecule has 1 amide bonds. The fourth-order valence-corrected chi connectivity index (χ4v) is 7.27. The van der Waals surface area contributed by atoms with E-state index in [9.17, 15) is 9.59 Å². The molecule has 3 saturated carbocycles. The lowest BCUT2D eigenvalue weighted by Crippen LogP contribution is -2.52. The van der Waals surface area contributed by atoms with E-state index in [0.717, 1.165) is 59.8 Å². The molecule has 0 aromatic heterocycles. The van der Waals surface area contributed by atoms with Crippen molar-refractivity contribution < 1.29 is 9.59 Å². The number of amides is 1. The van der Waals surface area contributed by atoms with Crippen LogP contribution in [-0.2, 0) is 9.59 Å². The van der Waals surface area contributed by atoms with Gasteiger partial charge < -0.3 is 15.8 Å². The van der Waals surface area contributed by atoms with Crippen LogP contribution in [0, 0.1) is 37.0 Å².